The number of amides is 1. The molecule has 0 atom stereocenters. The van der Waals surface area contributed by atoms with Crippen LogP contribution in [0.4, 0.5) is 0 Å². The molecule has 0 radical (unpaired) electrons. The minimum Gasteiger partial charge on any atom is -0.497 e. The van der Waals surface area contributed by atoms with Crippen molar-refractivity contribution >= 4 is 5.91 Å². The van der Waals surface area contributed by atoms with Crippen LogP contribution < -0.4 is 10.1 Å². The van der Waals surface area contributed by atoms with Gasteiger partial charge in [0.2, 0.25) is 5.91 Å². The Balaban J connectivity index is 2.41. The maximum atomic E-state index is 11.5. The van der Waals surface area contributed by atoms with Crippen LogP contribution in [0.5, 0.6) is 5.75 Å². The number of rotatable bonds is 5. The summed E-state index contributed by atoms with van der Waals surface area (Å²) in [6, 6.07) is 7.26. The third kappa shape index (κ3) is 2.77. The third-order valence-corrected chi connectivity index (χ3v) is 2.89. The van der Waals surface area contributed by atoms with Crippen molar-refractivity contribution in [1.29, 1.82) is 0 Å². The minimum atomic E-state index is -0.241. The number of nitrogens with one attached hydrogen (secondary N) is 1. The van der Waals surface area contributed by atoms with Gasteiger partial charge in [0.05, 0.1) is 19.4 Å². The topological polar surface area (TPSA) is 89.3 Å². The van der Waals surface area contributed by atoms with Gasteiger partial charge in [-0.15, -0.1) is 5.10 Å². The number of benzene rings is 1. The Bertz CT molecular complexity index is 592. The predicted octanol–water partition coefficient (Wildman–Crippen LogP) is 0.192. The van der Waals surface area contributed by atoms with E-state index >= 15 is 0 Å². The average molecular weight is 276 g/mol. The van der Waals surface area contributed by atoms with Crippen LogP contribution in [-0.4, -0.2) is 40.2 Å². The van der Waals surface area contributed by atoms with Crippen LogP contribution in [0, 0.1) is 0 Å². The van der Waals surface area contributed by atoms with Gasteiger partial charge in [0, 0.05) is 12.6 Å². The summed E-state index contributed by atoms with van der Waals surface area (Å²) in [6.45, 7) is -0.194. The van der Waals surface area contributed by atoms with Gasteiger partial charge in [-0.1, -0.05) is 5.21 Å². The number of aliphatic hydroxyl groups excluding tert-OH is 1. The van der Waals surface area contributed by atoms with Crippen molar-refractivity contribution < 1.29 is 14.6 Å². The Kier molecular flexibility index (Phi) is 4.31. The molecule has 0 aliphatic carbocycles. The van der Waals surface area contributed by atoms with Gasteiger partial charge >= 0.3 is 0 Å². The summed E-state index contributed by atoms with van der Waals surface area (Å²) in [5.41, 5.74) is 1.86. The lowest BCUT2D eigenvalue weighted by Gasteiger charge is -2.08. The van der Waals surface area contributed by atoms with Crippen LogP contribution in [-0.2, 0) is 17.9 Å². The molecule has 1 heterocycles. The fraction of sp³-hybridized carbons (Fsp3) is 0.308. The van der Waals surface area contributed by atoms with E-state index < -0.39 is 0 Å². The highest BCUT2D eigenvalue weighted by atomic mass is 16.5. The van der Waals surface area contributed by atoms with Crippen LogP contribution in [0.3, 0.4) is 0 Å². The lowest BCUT2D eigenvalue weighted by atomic mass is 10.1. The van der Waals surface area contributed by atoms with Gasteiger partial charge in [0.1, 0.15) is 18.0 Å². The second-order valence-electron chi connectivity index (χ2n) is 4.10. The Morgan fingerprint density at radius 2 is 2.10 bits per heavy atom. The molecule has 0 spiro atoms. The summed E-state index contributed by atoms with van der Waals surface area (Å²) in [5, 5.41) is 19.7. The quantitative estimate of drug-likeness (QED) is 0.814. The van der Waals surface area contributed by atoms with Crippen molar-refractivity contribution in [3.05, 3.63) is 30.0 Å². The van der Waals surface area contributed by atoms with E-state index in [9.17, 15) is 9.90 Å². The standard InChI is InChI=1S/C13H16N4O3/c1-14-12(19)7-17-13(11(8-18)15-16-17)9-3-5-10(20-2)6-4-9/h3-6,18H,7-8H2,1-2H3,(H,14,19). The zero-order chi connectivity index (χ0) is 14.5. The second-order valence-corrected chi connectivity index (χ2v) is 4.10. The molecule has 0 unspecified atom stereocenters. The van der Waals surface area contributed by atoms with E-state index in [2.05, 4.69) is 15.6 Å². The molecule has 0 bridgehead atoms. The summed E-state index contributed by atoms with van der Waals surface area (Å²) < 4.78 is 6.57. The Morgan fingerprint density at radius 1 is 1.40 bits per heavy atom. The van der Waals surface area contributed by atoms with E-state index in [1.807, 2.05) is 12.1 Å². The third-order valence-electron chi connectivity index (χ3n) is 2.89. The Hall–Kier alpha value is -2.41. The fourth-order valence-corrected chi connectivity index (χ4v) is 1.85. The molecule has 0 aliphatic rings. The Morgan fingerprint density at radius 3 is 2.65 bits per heavy atom. The number of aliphatic hydroxyl groups is 1. The second kappa shape index (κ2) is 6.16. The molecular weight excluding hydrogens is 260 g/mol. The van der Waals surface area contributed by atoms with E-state index in [4.69, 9.17) is 4.74 Å². The van der Waals surface area contributed by atoms with Crippen LogP contribution in [0.2, 0.25) is 0 Å². The van der Waals surface area contributed by atoms with Gasteiger partial charge < -0.3 is 15.2 Å². The number of hydrogen-bond acceptors (Lipinski definition) is 5. The van der Waals surface area contributed by atoms with Crippen LogP contribution in [0.15, 0.2) is 24.3 Å². The normalized spacial score (nSPS) is 10.3. The number of aromatic nitrogens is 3. The van der Waals surface area contributed by atoms with Gasteiger partial charge in [-0.25, -0.2) is 4.68 Å². The smallest absolute Gasteiger partial charge is 0.241 e. The van der Waals surface area contributed by atoms with Crippen molar-refractivity contribution in [2.75, 3.05) is 14.2 Å². The first-order chi connectivity index (χ1) is 9.69. The van der Waals surface area contributed by atoms with Gasteiger partial charge in [0.15, 0.2) is 0 Å². The first kappa shape index (κ1) is 14.0. The number of hydrogen-bond donors (Lipinski definition) is 2. The molecule has 0 fully saturated rings. The molecule has 1 aromatic carbocycles. The molecule has 2 rings (SSSR count). The predicted molar refractivity (Wildman–Crippen MR) is 72.0 cm³/mol. The number of ether oxygens (including phenoxy) is 1. The van der Waals surface area contributed by atoms with Crippen LogP contribution in [0.25, 0.3) is 11.3 Å². The van der Waals surface area contributed by atoms with Gasteiger partial charge in [0.25, 0.3) is 0 Å². The van der Waals surface area contributed by atoms with Gasteiger partial charge in [-0.3, -0.25) is 4.79 Å². The molecular formula is C13H16N4O3. The van der Waals surface area contributed by atoms with E-state index in [1.165, 1.54) is 4.68 Å². The molecule has 0 saturated heterocycles. The van der Waals surface area contributed by atoms with Crippen molar-refractivity contribution in [3.8, 4) is 17.0 Å². The van der Waals surface area contributed by atoms with E-state index in [0.29, 0.717) is 11.4 Å². The average Bonchev–Trinajstić information content (AvgIpc) is 2.89. The fourth-order valence-electron chi connectivity index (χ4n) is 1.85. The molecule has 2 aromatic rings. The molecule has 106 valence electrons. The van der Waals surface area contributed by atoms with Crippen molar-refractivity contribution in [2.24, 2.45) is 0 Å². The zero-order valence-corrected chi connectivity index (χ0v) is 11.3. The largest absolute Gasteiger partial charge is 0.497 e. The monoisotopic (exact) mass is 276 g/mol. The highest BCUT2D eigenvalue weighted by Crippen LogP contribution is 2.24. The lowest BCUT2D eigenvalue weighted by molar-refractivity contribution is -0.121. The van der Waals surface area contributed by atoms with Crippen LogP contribution >= 0.6 is 0 Å². The molecule has 0 aliphatic heterocycles. The van der Waals surface area contributed by atoms with Gasteiger partial charge in [-0.05, 0) is 24.3 Å². The lowest BCUT2D eigenvalue weighted by Crippen LogP contribution is -2.24. The van der Waals surface area contributed by atoms with Gasteiger partial charge in [-0.2, -0.15) is 0 Å². The molecule has 20 heavy (non-hydrogen) atoms. The minimum absolute atomic E-state index is 0.0465. The number of carbonyl (C=O) groups excluding carboxylic acids is 1. The number of carbonyl (C=O) groups is 1. The maximum absolute atomic E-state index is 11.5. The molecule has 0 saturated carbocycles. The van der Waals surface area contributed by atoms with Crippen molar-refractivity contribution in [3.63, 3.8) is 0 Å². The molecule has 1 amide bonds. The summed E-state index contributed by atoms with van der Waals surface area (Å²) in [5.74, 6) is 0.541. The SMILES string of the molecule is CNC(=O)Cn1nnc(CO)c1-c1ccc(OC)cc1. The first-order valence-electron chi connectivity index (χ1n) is 6.07. The maximum Gasteiger partial charge on any atom is 0.241 e. The first-order valence-corrected chi connectivity index (χ1v) is 6.07. The highest BCUT2D eigenvalue weighted by molar-refractivity contribution is 5.76. The number of methoxy groups -OCH3 is 1. The summed E-state index contributed by atoms with van der Waals surface area (Å²) in [4.78, 5) is 11.5. The Labute approximate surface area is 116 Å². The van der Waals surface area contributed by atoms with E-state index in [0.717, 1.165) is 11.3 Å². The summed E-state index contributed by atoms with van der Waals surface area (Å²) in [7, 11) is 3.14. The highest BCUT2D eigenvalue weighted by Gasteiger charge is 2.16. The molecule has 2 N–H and O–H groups in total. The van der Waals surface area contributed by atoms with E-state index in [-0.39, 0.29) is 19.1 Å². The number of likely N-dealkylation sites (N-methyl/N-ethyl adjacent to an activating group) is 1. The number of nitrogens with zero attached hydrogens (tertiary/aromatic N) is 3. The van der Waals surface area contributed by atoms with Crippen molar-refractivity contribution in [1.82, 2.24) is 20.3 Å². The molecule has 7 nitrogen and oxygen atoms in total. The molecule has 1 aromatic heterocycles. The summed E-state index contributed by atoms with van der Waals surface area (Å²) in [6.07, 6.45) is 0. The van der Waals surface area contributed by atoms with E-state index in [1.54, 1.807) is 26.3 Å². The van der Waals surface area contributed by atoms with Crippen LogP contribution in [0.1, 0.15) is 5.69 Å². The van der Waals surface area contributed by atoms with Crippen molar-refractivity contribution in [2.45, 2.75) is 13.2 Å². The summed E-state index contributed by atoms with van der Waals surface area (Å²) >= 11 is 0. The zero-order valence-electron chi connectivity index (χ0n) is 11.3. The molecule has 7 heteroatoms.